The number of nitro benzene ring substituents is 1. The third-order valence-electron chi connectivity index (χ3n) is 1.93. The largest absolute Gasteiger partial charge is 0.464 e. The van der Waals surface area contributed by atoms with E-state index in [-0.39, 0.29) is 17.9 Å². The van der Waals surface area contributed by atoms with Gasteiger partial charge >= 0.3 is 5.97 Å². The first-order valence-corrected chi connectivity index (χ1v) is 4.65. The fourth-order valence-electron chi connectivity index (χ4n) is 1.14. The number of carbonyl (C=O) groups excluding carboxylic acids is 1. The van der Waals surface area contributed by atoms with E-state index in [1.54, 1.807) is 6.92 Å². The van der Waals surface area contributed by atoms with E-state index >= 15 is 0 Å². The van der Waals surface area contributed by atoms with E-state index in [9.17, 15) is 20.0 Å². The molecule has 6 nitrogen and oxygen atoms in total. The number of hydrogen-bond donors (Lipinski definition) is 1. The molecule has 0 amide bonds. The van der Waals surface area contributed by atoms with Crippen LogP contribution in [0.2, 0.25) is 0 Å². The predicted molar refractivity (Wildman–Crippen MR) is 54.7 cm³/mol. The van der Waals surface area contributed by atoms with Gasteiger partial charge in [-0.3, -0.25) is 10.1 Å². The first-order chi connectivity index (χ1) is 7.56. The van der Waals surface area contributed by atoms with Gasteiger partial charge in [0.25, 0.3) is 5.69 Å². The number of rotatable bonds is 4. The van der Waals surface area contributed by atoms with Gasteiger partial charge < -0.3 is 9.84 Å². The van der Waals surface area contributed by atoms with Gasteiger partial charge in [0.05, 0.1) is 11.5 Å². The van der Waals surface area contributed by atoms with E-state index in [1.807, 2.05) is 0 Å². The Kier molecular flexibility index (Phi) is 3.96. The minimum absolute atomic E-state index is 0.0974. The van der Waals surface area contributed by atoms with Crippen molar-refractivity contribution in [1.82, 2.24) is 0 Å². The molecule has 6 heteroatoms. The number of aliphatic hydroxyl groups is 1. The average Bonchev–Trinajstić information content (AvgIpc) is 2.28. The van der Waals surface area contributed by atoms with Crippen molar-refractivity contribution in [1.29, 1.82) is 0 Å². The van der Waals surface area contributed by atoms with Gasteiger partial charge in [0.15, 0.2) is 6.10 Å². The van der Waals surface area contributed by atoms with Crippen LogP contribution >= 0.6 is 0 Å². The van der Waals surface area contributed by atoms with E-state index in [0.29, 0.717) is 0 Å². The summed E-state index contributed by atoms with van der Waals surface area (Å²) in [6.07, 6.45) is -1.40. The third-order valence-corrected chi connectivity index (χ3v) is 1.93. The van der Waals surface area contributed by atoms with Crippen LogP contribution in [0.5, 0.6) is 0 Å². The fraction of sp³-hybridized carbons (Fsp3) is 0.300. The smallest absolute Gasteiger partial charge is 0.339 e. The van der Waals surface area contributed by atoms with Crippen LogP contribution in [0.15, 0.2) is 24.3 Å². The molecular weight excluding hydrogens is 214 g/mol. The molecule has 0 spiro atoms. The maximum Gasteiger partial charge on any atom is 0.339 e. The molecule has 0 bridgehead atoms. The zero-order valence-corrected chi connectivity index (χ0v) is 8.62. The number of non-ortho nitro benzene ring substituents is 1. The minimum atomic E-state index is -1.40. The number of esters is 1. The summed E-state index contributed by atoms with van der Waals surface area (Å²) in [5.74, 6) is -0.767. The lowest BCUT2D eigenvalue weighted by Crippen LogP contribution is -2.15. The van der Waals surface area contributed by atoms with Crippen LogP contribution < -0.4 is 0 Å². The van der Waals surface area contributed by atoms with Crippen molar-refractivity contribution in [3.63, 3.8) is 0 Å². The molecule has 1 aromatic carbocycles. The number of hydrogen-bond acceptors (Lipinski definition) is 5. The molecule has 0 saturated carbocycles. The number of nitro groups is 1. The van der Waals surface area contributed by atoms with Crippen LogP contribution in [0, 0.1) is 10.1 Å². The number of aliphatic hydroxyl groups excluding tert-OH is 1. The predicted octanol–water partition coefficient (Wildman–Crippen LogP) is 1.19. The molecule has 0 aliphatic carbocycles. The highest BCUT2D eigenvalue weighted by atomic mass is 16.6. The van der Waals surface area contributed by atoms with Crippen LogP contribution in [-0.2, 0) is 9.53 Å². The van der Waals surface area contributed by atoms with Crippen molar-refractivity contribution in [2.75, 3.05) is 6.61 Å². The summed E-state index contributed by atoms with van der Waals surface area (Å²) < 4.78 is 4.61. The van der Waals surface area contributed by atoms with Gasteiger partial charge in [0, 0.05) is 12.1 Å². The van der Waals surface area contributed by atoms with E-state index in [4.69, 9.17) is 0 Å². The minimum Gasteiger partial charge on any atom is -0.464 e. The van der Waals surface area contributed by atoms with Crippen LogP contribution in [0.3, 0.4) is 0 Å². The molecule has 0 saturated heterocycles. The Bertz CT molecular complexity index is 387. The van der Waals surface area contributed by atoms with E-state index in [0.717, 1.165) is 0 Å². The van der Waals surface area contributed by atoms with Crippen LogP contribution in [0.4, 0.5) is 5.69 Å². The number of benzene rings is 1. The molecule has 0 aliphatic heterocycles. The van der Waals surface area contributed by atoms with Crippen LogP contribution in [-0.4, -0.2) is 22.6 Å². The first kappa shape index (κ1) is 12.1. The van der Waals surface area contributed by atoms with Gasteiger partial charge in [-0.2, -0.15) is 0 Å². The summed E-state index contributed by atoms with van der Waals surface area (Å²) in [6, 6.07) is 5.08. The van der Waals surface area contributed by atoms with Crippen molar-refractivity contribution in [3.05, 3.63) is 39.9 Å². The molecule has 0 aliphatic rings. The summed E-state index contributed by atoms with van der Waals surface area (Å²) in [5.41, 5.74) is 0.170. The highest BCUT2D eigenvalue weighted by molar-refractivity contribution is 5.76. The maximum atomic E-state index is 11.2. The molecule has 16 heavy (non-hydrogen) atoms. The molecule has 0 aromatic heterocycles. The van der Waals surface area contributed by atoms with E-state index in [2.05, 4.69) is 4.74 Å². The second-order valence-corrected chi connectivity index (χ2v) is 3.00. The lowest BCUT2D eigenvalue weighted by Gasteiger charge is -2.09. The number of carbonyl (C=O) groups is 1. The van der Waals surface area contributed by atoms with Gasteiger partial charge in [-0.1, -0.05) is 0 Å². The highest BCUT2D eigenvalue weighted by Crippen LogP contribution is 2.18. The van der Waals surface area contributed by atoms with Gasteiger partial charge in [-0.25, -0.2) is 4.79 Å². The molecular formula is C10H11NO5. The van der Waals surface area contributed by atoms with Crippen LogP contribution in [0.1, 0.15) is 18.6 Å². The third kappa shape index (κ3) is 2.77. The molecule has 0 unspecified atom stereocenters. The first-order valence-electron chi connectivity index (χ1n) is 4.65. The molecule has 1 rings (SSSR count). The van der Waals surface area contributed by atoms with Crippen molar-refractivity contribution >= 4 is 11.7 Å². The van der Waals surface area contributed by atoms with Gasteiger partial charge in [0.2, 0.25) is 0 Å². The summed E-state index contributed by atoms with van der Waals surface area (Å²) in [4.78, 5) is 21.0. The molecule has 0 heterocycles. The lowest BCUT2D eigenvalue weighted by molar-refractivity contribution is -0.384. The summed E-state index contributed by atoms with van der Waals surface area (Å²) in [6.45, 7) is 1.79. The molecule has 86 valence electrons. The summed E-state index contributed by atoms with van der Waals surface area (Å²) >= 11 is 0. The van der Waals surface area contributed by atoms with Crippen molar-refractivity contribution in [2.24, 2.45) is 0 Å². The molecule has 0 fully saturated rings. The Balaban J connectivity index is 2.81. The molecule has 1 aromatic rings. The van der Waals surface area contributed by atoms with Crippen molar-refractivity contribution < 1.29 is 19.6 Å². The average molecular weight is 225 g/mol. The standard InChI is InChI=1S/C10H11NO5/c1-2-16-10(13)9(12)7-3-5-8(6-4-7)11(14)15/h3-6,9,12H,2H2,1H3/t9-/m0/s1. The van der Waals surface area contributed by atoms with Gasteiger partial charge in [-0.15, -0.1) is 0 Å². The highest BCUT2D eigenvalue weighted by Gasteiger charge is 2.19. The monoisotopic (exact) mass is 225 g/mol. The number of nitrogens with zero attached hydrogens (tertiary/aromatic N) is 1. The van der Waals surface area contributed by atoms with Crippen molar-refractivity contribution in [3.8, 4) is 0 Å². The fourth-order valence-corrected chi connectivity index (χ4v) is 1.14. The molecule has 0 radical (unpaired) electrons. The molecule has 1 N–H and O–H groups in total. The molecule has 1 atom stereocenters. The van der Waals surface area contributed by atoms with Gasteiger partial charge in [-0.05, 0) is 24.6 Å². The van der Waals surface area contributed by atoms with E-state index < -0.39 is 17.0 Å². The Hall–Kier alpha value is -1.95. The number of ether oxygens (including phenoxy) is 1. The SMILES string of the molecule is CCOC(=O)[C@@H](O)c1ccc([N+](=O)[O-])cc1. The van der Waals surface area contributed by atoms with Crippen LogP contribution in [0.25, 0.3) is 0 Å². The zero-order valence-electron chi connectivity index (χ0n) is 8.62. The normalized spacial score (nSPS) is 11.9. The second kappa shape index (κ2) is 5.22. The topological polar surface area (TPSA) is 89.7 Å². The zero-order chi connectivity index (χ0) is 12.1. The summed E-state index contributed by atoms with van der Waals surface area (Å²) in [5, 5.41) is 19.9. The lowest BCUT2D eigenvalue weighted by atomic mass is 10.1. The Labute approximate surface area is 91.6 Å². The Morgan fingerprint density at radius 1 is 1.50 bits per heavy atom. The van der Waals surface area contributed by atoms with E-state index in [1.165, 1.54) is 24.3 Å². The van der Waals surface area contributed by atoms with Crippen molar-refractivity contribution in [2.45, 2.75) is 13.0 Å². The maximum absolute atomic E-state index is 11.2. The van der Waals surface area contributed by atoms with Gasteiger partial charge in [0.1, 0.15) is 0 Å². The summed E-state index contributed by atoms with van der Waals surface area (Å²) in [7, 11) is 0. The Morgan fingerprint density at radius 3 is 2.50 bits per heavy atom. The second-order valence-electron chi connectivity index (χ2n) is 3.00. The quantitative estimate of drug-likeness (QED) is 0.472. The Morgan fingerprint density at radius 2 is 2.06 bits per heavy atom.